The minimum atomic E-state index is -0.271. The van der Waals surface area contributed by atoms with Crippen molar-refractivity contribution in [2.75, 3.05) is 31.5 Å². The van der Waals surface area contributed by atoms with Gasteiger partial charge in [-0.05, 0) is 43.0 Å². The van der Waals surface area contributed by atoms with E-state index in [1.165, 1.54) is 11.3 Å². The van der Waals surface area contributed by atoms with Crippen molar-refractivity contribution in [1.29, 1.82) is 0 Å². The number of amides is 2. The molecule has 1 fully saturated rings. The summed E-state index contributed by atoms with van der Waals surface area (Å²) in [6.45, 7) is 6.45. The summed E-state index contributed by atoms with van der Waals surface area (Å²) in [5, 5.41) is 5.47. The molecular weight excluding hydrogens is 370 g/mol. The van der Waals surface area contributed by atoms with Crippen molar-refractivity contribution in [1.82, 2.24) is 9.80 Å². The standard InChI is InChI=1S/C19H22ClN3O2S/c1-13-5-6-15(20)12-16(13)21-18(24)14(2)22-7-9-23(10-8-22)19(25)17-4-3-11-26-17/h3-6,11-12,14H,7-10H2,1-2H3,(H,21,24). The molecular formula is C19H22ClN3O2S. The molecule has 0 aliphatic carbocycles. The van der Waals surface area contributed by atoms with Crippen LogP contribution in [-0.4, -0.2) is 53.8 Å². The van der Waals surface area contributed by atoms with Crippen LogP contribution in [0.4, 0.5) is 5.69 Å². The van der Waals surface area contributed by atoms with Crippen LogP contribution in [0.15, 0.2) is 35.7 Å². The van der Waals surface area contributed by atoms with E-state index in [-0.39, 0.29) is 17.9 Å². The molecule has 138 valence electrons. The zero-order valence-electron chi connectivity index (χ0n) is 14.9. The zero-order valence-corrected chi connectivity index (χ0v) is 16.4. The van der Waals surface area contributed by atoms with E-state index in [4.69, 9.17) is 11.6 Å². The Morgan fingerprint density at radius 1 is 1.19 bits per heavy atom. The summed E-state index contributed by atoms with van der Waals surface area (Å²) < 4.78 is 0. The molecule has 1 N–H and O–H groups in total. The van der Waals surface area contributed by atoms with Crippen LogP contribution in [0, 0.1) is 6.92 Å². The van der Waals surface area contributed by atoms with Crippen LogP contribution in [0.5, 0.6) is 0 Å². The van der Waals surface area contributed by atoms with Crippen molar-refractivity contribution in [2.24, 2.45) is 0 Å². The van der Waals surface area contributed by atoms with Gasteiger partial charge in [-0.2, -0.15) is 0 Å². The number of halogens is 1. The number of carbonyl (C=O) groups excluding carboxylic acids is 2. The SMILES string of the molecule is Cc1ccc(Cl)cc1NC(=O)C(C)N1CCN(C(=O)c2cccs2)CC1. The quantitative estimate of drug-likeness (QED) is 0.867. The Labute approximate surface area is 162 Å². The maximum Gasteiger partial charge on any atom is 0.264 e. The normalized spacial score (nSPS) is 16.3. The van der Waals surface area contributed by atoms with Gasteiger partial charge in [0.15, 0.2) is 0 Å². The Hall–Kier alpha value is -1.89. The van der Waals surface area contributed by atoms with Crippen molar-refractivity contribution in [2.45, 2.75) is 19.9 Å². The van der Waals surface area contributed by atoms with Gasteiger partial charge in [-0.1, -0.05) is 23.7 Å². The molecule has 2 amide bonds. The minimum Gasteiger partial charge on any atom is -0.335 e. The molecule has 0 saturated carbocycles. The number of hydrogen-bond donors (Lipinski definition) is 1. The number of anilines is 1. The lowest BCUT2D eigenvalue weighted by Gasteiger charge is -2.37. The first-order valence-electron chi connectivity index (χ1n) is 8.59. The third-order valence-corrected chi connectivity index (χ3v) is 5.81. The number of benzene rings is 1. The number of piperazine rings is 1. The van der Waals surface area contributed by atoms with Crippen molar-refractivity contribution >= 4 is 40.4 Å². The Bertz CT molecular complexity index is 786. The van der Waals surface area contributed by atoms with Gasteiger partial charge in [0, 0.05) is 36.9 Å². The van der Waals surface area contributed by atoms with E-state index in [0.29, 0.717) is 31.2 Å². The number of nitrogens with one attached hydrogen (secondary N) is 1. The molecule has 1 aromatic heterocycles. The number of rotatable bonds is 4. The second-order valence-corrected chi connectivity index (χ2v) is 7.81. The molecule has 3 rings (SSSR count). The second-order valence-electron chi connectivity index (χ2n) is 6.43. The first-order chi connectivity index (χ1) is 12.5. The molecule has 2 heterocycles. The second kappa shape index (κ2) is 8.20. The van der Waals surface area contributed by atoms with Crippen LogP contribution in [0.2, 0.25) is 5.02 Å². The van der Waals surface area contributed by atoms with Gasteiger partial charge in [-0.15, -0.1) is 11.3 Å². The van der Waals surface area contributed by atoms with Gasteiger partial charge in [0.2, 0.25) is 5.91 Å². The van der Waals surface area contributed by atoms with Crippen LogP contribution < -0.4 is 5.32 Å². The molecule has 1 unspecified atom stereocenters. The van der Waals surface area contributed by atoms with Gasteiger partial charge in [0.05, 0.1) is 10.9 Å². The molecule has 0 radical (unpaired) electrons. The summed E-state index contributed by atoms with van der Waals surface area (Å²) in [6, 6.07) is 8.92. The van der Waals surface area contributed by atoms with E-state index in [1.54, 1.807) is 12.1 Å². The fourth-order valence-electron chi connectivity index (χ4n) is 3.00. The Morgan fingerprint density at radius 2 is 1.92 bits per heavy atom. The summed E-state index contributed by atoms with van der Waals surface area (Å²) in [4.78, 5) is 29.7. The number of carbonyl (C=O) groups is 2. The van der Waals surface area contributed by atoms with E-state index in [2.05, 4.69) is 10.2 Å². The summed E-state index contributed by atoms with van der Waals surface area (Å²) in [5.74, 6) is 0.0136. The fourth-order valence-corrected chi connectivity index (χ4v) is 3.86. The predicted molar refractivity (Wildman–Crippen MR) is 106 cm³/mol. The van der Waals surface area contributed by atoms with Crippen LogP contribution in [0.3, 0.4) is 0 Å². The highest BCUT2D eigenvalue weighted by Gasteiger charge is 2.28. The average Bonchev–Trinajstić information content (AvgIpc) is 3.18. The summed E-state index contributed by atoms with van der Waals surface area (Å²) in [7, 11) is 0. The molecule has 1 saturated heterocycles. The highest BCUT2D eigenvalue weighted by Crippen LogP contribution is 2.21. The van der Waals surface area contributed by atoms with Crippen molar-refractivity contribution in [3.05, 3.63) is 51.2 Å². The van der Waals surface area contributed by atoms with Crippen LogP contribution in [-0.2, 0) is 4.79 Å². The first-order valence-corrected chi connectivity index (χ1v) is 9.85. The van der Waals surface area contributed by atoms with Gasteiger partial charge in [-0.3, -0.25) is 14.5 Å². The molecule has 0 bridgehead atoms. The third-order valence-electron chi connectivity index (χ3n) is 4.72. The molecule has 7 heteroatoms. The van der Waals surface area contributed by atoms with Crippen molar-refractivity contribution in [3.8, 4) is 0 Å². The molecule has 2 aromatic rings. The Kier molecular flexibility index (Phi) is 5.96. The van der Waals surface area contributed by atoms with Gasteiger partial charge in [-0.25, -0.2) is 0 Å². The molecule has 26 heavy (non-hydrogen) atoms. The minimum absolute atomic E-state index is 0.0617. The summed E-state index contributed by atoms with van der Waals surface area (Å²) in [6.07, 6.45) is 0. The van der Waals surface area contributed by atoms with E-state index < -0.39 is 0 Å². The topological polar surface area (TPSA) is 52.7 Å². The van der Waals surface area contributed by atoms with E-state index in [0.717, 1.165) is 16.1 Å². The largest absolute Gasteiger partial charge is 0.335 e. The summed E-state index contributed by atoms with van der Waals surface area (Å²) in [5.41, 5.74) is 1.71. The maximum absolute atomic E-state index is 12.6. The third kappa shape index (κ3) is 4.26. The van der Waals surface area contributed by atoms with Crippen molar-refractivity contribution < 1.29 is 9.59 Å². The molecule has 1 atom stereocenters. The monoisotopic (exact) mass is 391 g/mol. The number of thiophene rings is 1. The molecule has 1 aromatic carbocycles. The fraction of sp³-hybridized carbons (Fsp3) is 0.368. The maximum atomic E-state index is 12.6. The zero-order chi connectivity index (χ0) is 18.7. The highest BCUT2D eigenvalue weighted by atomic mass is 35.5. The molecule has 0 spiro atoms. The van der Waals surface area contributed by atoms with Gasteiger partial charge >= 0.3 is 0 Å². The first kappa shape index (κ1) is 18.9. The Balaban J connectivity index is 1.56. The smallest absolute Gasteiger partial charge is 0.264 e. The Morgan fingerprint density at radius 3 is 2.58 bits per heavy atom. The lowest BCUT2D eigenvalue weighted by atomic mass is 10.1. The lowest BCUT2D eigenvalue weighted by molar-refractivity contribution is -0.121. The van der Waals surface area contributed by atoms with Crippen LogP contribution in [0.25, 0.3) is 0 Å². The number of aryl methyl sites for hydroxylation is 1. The van der Waals surface area contributed by atoms with Crippen LogP contribution >= 0.6 is 22.9 Å². The average molecular weight is 392 g/mol. The highest BCUT2D eigenvalue weighted by molar-refractivity contribution is 7.12. The van der Waals surface area contributed by atoms with Crippen molar-refractivity contribution in [3.63, 3.8) is 0 Å². The van der Waals surface area contributed by atoms with Crippen LogP contribution in [0.1, 0.15) is 22.2 Å². The van der Waals surface area contributed by atoms with E-state index >= 15 is 0 Å². The van der Waals surface area contributed by atoms with E-state index in [9.17, 15) is 9.59 Å². The van der Waals surface area contributed by atoms with E-state index in [1.807, 2.05) is 42.3 Å². The van der Waals surface area contributed by atoms with Gasteiger partial charge < -0.3 is 10.2 Å². The predicted octanol–water partition coefficient (Wildman–Crippen LogP) is 3.49. The molecule has 5 nitrogen and oxygen atoms in total. The lowest BCUT2D eigenvalue weighted by Crippen LogP contribution is -2.54. The number of hydrogen-bond acceptors (Lipinski definition) is 4. The number of nitrogens with zero attached hydrogens (tertiary/aromatic N) is 2. The van der Waals surface area contributed by atoms with Gasteiger partial charge in [0.1, 0.15) is 0 Å². The van der Waals surface area contributed by atoms with Gasteiger partial charge in [0.25, 0.3) is 5.91 Å². The molecule has 1 aliphatic heterocycles. The summed E-state index contributed by atoms with van der Waals surface area (Å²) >= 11 is 7.48. The molecule has 1 aliphatic rings.